The van der Waals surface area contributed by atoms with Gasteiger partial charge in [0, 0.05) is 17.7 Å². The summed E-state index contributed by atoms with van der Waals surface area (Å²) in [5.74, 6) is -2.22. The van der Waals surface area contributed by atoms with Gasteiger partial charge in [0.05, 0.1) is 22.4 Å². The van der Waals surface area contributed by atoms with Crippen LogP contribution in [0.4, 0.5) is 11.4 Å². The number of ether oxygens (including phenoxy) is 1. The Morgan fingerprint density at radius 3 is 2.43 bits per heavy atom. The van der Waals surface area contributed by atoms with E-state index in [1.54, 1.807) is 43.3 Å². The second-order valence-electron chi connectivity index (χ2n) is 8.41. The minimum Gasteiger partial charge on any atom is -0.454 e. The molecule has 0 unspecified atom stereocenters. The van der Waals surface area contributed by atoms with Gasteiger partial charge in [0.1, 0.15) is 0 Å². The maximum atomic E-state index is 13.0. The van der Waals surface area contributed by atoms with Gasteiger partial charge in [-0.25, -0.2) is 9.69 Å². The second-order valence-corrected chi connectivity index (χ2v) is 8.41. The Bertz CT molecular complexity index is 1440. The summed E-state index contributed by atoms with van der Waals surface area (Å²) in [4.78, 5) is 63.6. The molecule has 0 spiro atoms. The summed E-state index contributed by atoms with van der Waals surface area (Å²) in [7, 11) is 0. The standard InChI is InChI=1S/C27H20N2O6/c1-15-4-2-3-5-22(15)29-25(32)19-9-6-18(13-20(19)26(29)33)27(34)35-14-23(30)17-7-10-21-16(12-17)8-11-24(31)28-21/h2-7,9-10,12-13H,8,11,14H2,1H3,(H,28,31). The molecule has 2 heterocycles. The third kappa shape index (κ3) is 3.99. The van der Waals surface area contributed by atoms with E-state index in [1.165, 1.54) is 18.2 Å². The lowest BCUT2D eigenvalue weighted by molar-refractivity contribution is -0.116. The number of anilines is 2. The lowest BCUT2D eigenvalue weighted by atomic mass is 9.99. The number of fused-ring (bicyclic) bond motifs is 2. The van der Waals surface area contributed by atoms with Gasteiger partial charge in [-0.1, -0.05) is 18.2 Å². The third-order valence-electron chi connectivity index (χ3n) is 6.14. The van der Waals surface area contributed by atoms with Crippen LogP contribution in [-0.2, 0) is 16.0 Å². The number of benzene rings is 3. The van der Waals surface area contributed by atoms with E-state index in [1.807, 2.05) is 6.07 Å². The normalized spacial score (nSPS) is 14.3. The molecular weight excluding hydrogens is 448 g/mol. The number of esters is 1. The van der Waals surface area contributed by atoms with Gasteiger partial charge in [0.25, 0.3) is 11.8 Å². The van der Waals surface area contributed by atoms with Crippen molar-refractivity contribution in [2.45, 2.75) is 19.8 Å². The highest BCUT2D eigenvalue weighted by Gasteiger charge is 2.37. The molecule has 1 N–H and O–H groups in total. The highest BCUT2D eigenvalue weighted by molar-refractivity contribution is 6.35. The molecule has 3 aromatic rings. The average molecular weight is 468 g/mol. The van der Waals surface area contributed by atoms with Gasteiger partial charge >= 0.3 is 5.97 Å². The number of Topliss-reactive ketones (excluding diaryl/α,β-unsaturated/α-hetero) is 1. The van der Waals surface area contributed by atoms with Gasteiger partial charge in [0.15, 0.2) is 12.4 Å². The van der Waals surface area contributed by atoms with Crippen LogP contribution in [0.15, 0.2) is 60.7 Å². The molecule has 3 aromatic carbocycles. The molecule has 174 valence electrons. The van der Waals surface area contributed by atoms with Crippen molar-refractivity contribution in [2.75, 3.05) is 16.8 Å². The topological polar surface area (TPSA) is 110 Å². The van der Waals surface area contributed by atoms with Crippen LogP contribution in [0, 0.1) is 6.92 Å². The molecular formula is C27H20N2O6. The number of nitrogens with zero attached hydrogens (tertiary/aromatic N) is 1. The summed E-state index contributed by atoms with van der Waals surface area (Å²) in [6.07, 6.45) is 0.879. The zero-order valence-electron chi connectivity index (χ0n) is 18.8. The van der Waals surface area contributed by atoms with Crippen molar-refractivity contribution in [2.24, 2.45) is 0 Å². The van der Waals surface area contributed by atoms with E-state index < -0.39 is 30.2 Å². The molecule has 0 saturated heterocycles. The predicted octanol–water partition coefficient (Wildman–Crippen LogP) is 3.72. The van der Waals surface area contributed by atoms with E-state index in [4.69, 9.17) is 4.74 Å². The van der Waals surface area contributed by atoms with E-state index in [-0.39, 0.29) is 22.6 Å². The highest BCUT2D eigenvalue weighted by Crippen LogP contribution is 2.31. The number of rotatable bonds is 5. The van der Waals surface area contributed by atoms with Gasteiger partial charge in [-0.2, -0.15) is 0 Å². The molecule has 0 aliphatic carbocycles. The summed E-state index contributed by atoms with van der Waals surface area (Å²) in [5.41, 5.74) is 3.52. The van der Waals surface area contributed by atoms with Crippen molar-refractivity contribution in [1.82, 2.24) is 0 Å². The first-order valence-corrected chi connectivity index (χ1v) is 11.0. The van der Waals surface area contributed by atoms with E-state index in [9.17, 15) is 24.0 Å². The lowest BCUT2D eigenvalue weighted by Crippen LogP contribution is -2.29. The Kier molecular flexibility index (Phi) is 5.49. The fraction of sp³-hybridized carbons (Fsp3) is 0.148. The van der Waals surface area contributed by atoms with Gasteiger partial charge in [0.2, 0.25) is 5.91 Å². The highest BCUT2D eigenvalue weighted by atomic mass is 16.5. The van der Waals surface area contributed by atoms with E-state index in [2.05, 4.69) is 5.32 Å². The summed E-state index contributed by atoms with van der Waals surface area (Å²) >= 11 is 0. The third-order valence-corrected chi connectivity index (χ3v) is 6.14. The Morgan fingerprint density at radius 2 is 1.63 bits per heavy atom. The molecule has 0 atom stereocenters. The molecule has 0 bridgehead atoms. The average Bonchev–Trinajstić information content (AvgIpc) is 3.11. The van der Waals surface area contributed by atoms with Gasteiger partial charge in [-0.05, 0) is 66.9 Å². The van der Waals surface area contributed by atoms with Crippen LogP contribution in [0.2, 0.25) is 0 Å². The van der Waals surface area contributed by atoms with Crippen LogP contribution in [0.1, 0.15) is 59.0 Å². The second kappa shape index (κ2) is 8.64. The maximum Gasteiger partial charge on any atom is 0.338 e. The molecule has 2 aliphatic heterocycles. The lowest BCUT2D eigenvalue weighted by Gasteiger charge is -2.17. The molecule has 0 aromatic heterocycles. The molecule has 5 rings (SSSR count). The maximum absolute atomic E-state index is 13.0. The number of aryl methyl sites for hydroxylation is 2. The first-order valence-electron chi connectivity index (χ1n) is 11.0. The number of hydrogen-bond donors (Lipinski definition) is 1. The van der Waals surface area contributed by atoms with Crippen LogP contribution >= 0.6 is 0 Å². The molecule has 2 aliphatic rings. The Morgan fingerprint density at radius 1 is 0.886 bits per heavy atom. The molecule has 0 radical (unpaired) electrons. The molecule has 8 heteroatoms. The van der Waals surface area contributed by atoms with E-state index >= 15 is 0 Å². The number of para-hydroxylation sites is 1. The number of amides is 3. The fourth-order valence-electron chi connectivity index (χ4n) is 4.26. The summed E-state index contributed by atoms with van der Waals surface area (Å²) in [6, 6.07) is 16.1. The smallest absolute Gasteiger partial charge is 0.338 e. The number of imide groups is 1. The summed E-state index contributed by atoms with van der Waals surface area (Å²) < 4.78 is 5.19. The van der Waals surface area contributed by atoms with Crippen LogP contribution in [0.3, 0.4) is 0 Å². The number of carbonyl (C=O) groups excluding carboxylic acids is 5. The van der Waals surface area contributed by atoms with E-state index in [0.717, 1.165) is 16.0 Å². The Hall–Kier alpha value is -4.59. The largest absolute Gasteiger partial charge is 0.454 e. The molecule has 35 heavy (non-hydrogen) atoms. The summed E-state index contributed by atoms with van der Waals surface area (Å²) in [5, 5.41) is 2.75. The van der Waals surface area contributed by atoms with Crippen molar-refractivity contribution >= 4 is 40.8 Å². The molecule has 8 nitrogen and oxygen atoms in total. The minimum absolute atomic E-state index is 0.0671. The Balaban J connectivity index is 1.30. The van der Waals surface area contributed by atoms with Crippen molar-refractivity contribution < 1.29 is 28.7 Å². The van der Waals surface area contributed by atoms with Crippen molar-refractivity contribution in [3.63, 3.8) is 0 Å². The molecule has 0 fully saturated rings. The van der Waals surface area contributed by atoms with Crippen molar-refractivity contribution in [3.8, 4) is 0 Å². The molecule has 3 amide bonds. The first kappa shape index (κ1) is 22.2. The first-order chi connectivity index (χ1) is 16.8. The SMILES string of the molecule is Cc1ccccc1N1C(=O)c2ccc(C(=O)OCC(=O)c3ccc4c(c3)CCC(=O)N4)cc2C1=O. The predicted molar refractivity (Wildman–Crippen MR) is 127 cm³/mol. The Labute approximate surface area is 200 Å². The van der Waals surface area contributed by atoms with Gasteiger partial charge in [-0.3, -0.25) is 19.2 Å². The monoisotopic (exact) mass is 468 g/mol. The van der Waals surface area contributed by atoms with Gasteiger partial charge < -0.3 is 10.1 Å². The number of carbonyl (C=O) groups is 5. The zero-order valence-corrected chi connectivity index (χ0v) is 18.8. The number of nitrogens with one attached hydrogen (secondary N) is 1. The van der Waals surface area contributed by atoms with Gasteiger partial charge in [-0.15, -0.1) is 0 Å². The van der Waals surface area contributed by atoms with Crippen molar-refractivity contribution in [1.29, 1.82) is 0 Å². The number of hydrogen-bond acceptors (Lipinski definition) is 6. The molecule has 0 saturated carbocycles. The van der Waals surface area contributed by atoms with Crippen LogP contribution in [-0.4, -0.2) is 36.1 Å². The van der Waals surface area contributed by atoms with Crippen LogP contribution < -0.4 is 10.2 Å². The zero-order chi connectivity index (χ0) is 24.7. The quantitative estimate of drug-likeness (QED) is 0.347. The van der Waals surface area contributed by atoms with Crippen LogP contribution in [0.25, 0.3) is 0 Å². The van der Waals surface area contributed by atoms with Crippen LogP contribution in [0.5, 0.6) is 0 Å². The van der Waals surface area contributed by atoms with E-state index in [0.29, 0.717) is 29.8 Å². The fourth-order valence-corrected chi connectivity index (χ4v) is 4.26. The number of ketones is 1. The summed E-state index contributed by atoms with van der Waals surface area (Å²) in [6.45, 7) is 1.32. The minimum atomic E-state index is -0.777. The van der Waals surface area contributed by atoms with Crippen molar-refractivity contribution in [3.05, 3.63) is 94.0 Å².